The van der Waals surface area contributed by atoms with Crippen molar-refractivity contribution in [3.05, 3.63) is 30.1 Å². The Balaban J connectivity index is 2.11. The number of amides is 2. The van der Waals surface area contributed by atoms with Crippen LogP contribution < -0.4 is 10.6 Å². The Morgan fingerprint density at radius 2 is 2.00 bits per heavy atom. The van der Waals surface area contributed by atoms with E-state index in [1.165, 1.54) is 4.90 Å². The molecule has 2 rings (SSSR count). The Bertz CT molecular complexity index is 712. The van der Waals surface area contributed by atoms with E-state index in [0.29, 0.717) is 13.1 Å². The second-order valence-electron chi connectivity index (χ2n) is 7.72. The van der Waals surface area contributed by atoms with Crippen molar-refractivity contribution in [2.24, 2.45) is 5.92 Å². The lowest BCUT2D eigenvalue weighted by Crippen LogP contribution is -2.63. The molecule has 1 saturated heterocycles. The number of aromatic nitrogens is 1. The molecule has 0 spiro atoms. The third kappa shape index (κ3) is 5.98. The monoisotopic (exact) mass is 405 g/mol. The molecule has 1 aliphatic heterocycles. The van der Waals surface area contributed by atoms with Crippen LogP contribution in [0.2, 0.25) is 0 Å². The van der Waals surface area contributed by atoms with E-state index < -0.39 is 24.1 Å². The van der Waals surface area contributed by atoms with Gasteiger partial charge in [0.2, 0.25) is 11.8 Å². The lowest BCUT2D eigenvalue weighted by Gasteiger charge is -2.41. The minimum atomic E-state index is -1.05. The fourth-order valence-electron chi connectivity index (χ4n) is 3.31. The number of hydrogen-bond acceptors (Lipinski definition) is 6. The third-order valence-corrected chi connectivity index (χ3v) is 5.22. The summed E-state index contributed by atoms with van der Waals surface area (Å²) in [7, 11) is 1.67. The van der Waals surface area contributed by atoms with E-state index in [9.17, 15) is 19.5 Å². The summed E-state index contributed by atoms with van der Waals surface area (Å²) >= 11 is 0. The average Bonchev–Trinajstić information content (AvgIpc) is 2.71. The highest BCUT2D eigenvalue weighted by Crippen LogP contribution is 2.17. The Kier molecular flexibility index (Phi) is 8.10. The molecular formula is C20H31N5O4. The number of carboxylic acids is 1. The van der Waals surface area contributed by atoms with Gasteiger partial charge in [-0.05, 0) is 31.5 Å². The smallest absolute Gasteiger partial charge is 0.327 e. The quantitative estimate of drug-likeness (QED) is 0.554. The van der Waals surface area contributed by atoms with Crippen molar-refractivity contribution in [3.63, 3.8) is 0 Å². The van der Waals surface area contributed by atoms with Gasteiger partial charge in [-0.3, -0.25) is 19.5 Å². The lowest BCUT2D eigenvalue weighted by molar-refractivity contribution is -0.155. The highest BCUT2D eigenvalue weighted by molar-refractivity contribution is 5.92. The minimum Gasteiger partial charge on any atom is -0.480 e. The number of carbonyl (C=O) groups is 3. The van der Waals surface area contributed by atoms with Crippen molar-refractivity contribution in [2.45, 2.75) is 45.4 Å². The van der Waals surface area contributed by atoms with Crippen LogP contribution in [0.3, 0.4) is 0 Å². The molecule has 0 saturated carbocycles. The summed E-state index contributed by atoms with van der Waals surface area (Å²) in [6, 6.07) is 1.59. The predicted octanol–water partition coefficient (Wildman–Crippen LogP) is -0.0723. The number of carboxylic acid groups (broad SMARTS) is 1. The number of pyridine rings is 1. The zero-order valence-corrected chi connectivity index (χ0v) is 17.5. The van der Waals surface area contributed by atoms with Gasteiger partial charge in [-0.15, -0.1) is 0 Å². The van der Waals surface area contributed by atoms with E-state index in [4.69, 9.17) is 0 Å². The molecule has 2 heterocycles. The van der Waals surface area contributed by atoms with E-state index in [0.717, 1.165) is 5.56 Å². The molecule has 0 radical (unpaired) electrons. The first-order valence-corrected chi connectivity index (χ1v) is 9.86. The van der Waals surface area contributed by atoms with E-state index >= 15 is 0 Å². The topological polar surface area (TPSA) is 115 Å². The van der Waals surface area contributed by atoms with Crippen molar-refractivity contribution in [1.82, 2.24) is 25.4 Å². The molecule has 3 atom stereocenters. The first-order chi connectivity index (χ1) is 13.7. The molecule has 0 bridgehead atoms. The summed E-state index contributed by atoms with van der Waals surface area (Å²) in [5, 5.41) is 15.3. The van der Waals surface area contributed by atoms with Gasteiger partial charge in [-0.25, -0.2) is 4.79 Å². The van der Waals surface area contributed by atoms with Crippen LogP contribution in [0.5, 0.6) is 0 Å². The second kappa shape index (κ2) is 10.3. The van der Waals surface area contributed by atoms with Gasteiger partial charge < -0.3 is 20.6 Å². The van der Waals surface area contributed by atoms with Crippen molar-refractivity contribution in [1.29, 1.82) is 0 Å². The molecule has 1 fully saturated rings. The molecule has 2 amide bonds. The number of aliphatic carboxylic acids is 1. The molecule has 160 valence electrons. The van der Waals surface area contributed by atoms with Crippen molar-refractivity contribution in [3.8, 4) is 0 Å². The highest BCUT2D eigenvalue weighted by atomic mass is 16.4. The number of nitrogens with one attached hydrogen (secondary N) is 2. The molecule has 3 N–H and O–H groups in total. The number of piperazine rings is 1. The Morgan fingerprint density at radius 3 is 2.55 bits per heavy atom. The fourth-order valence-corrected chi connectivity index (χ4v) is 3.31. The van der Waals surface area contributed by atoms with E-state index in [1.54, 1.807) is 26.4 Å². The lowest BCUT2D eigenvalue weighted by atomic mass is 10.00. The van der Waals surface area contributed by atoms with Crippen LogP contribution in [0.25, 0.3) is 0 Å². The maximum absolute atomic E-state index is 13.2. The van der Waals surface area contributed by atoms with Gasteiger partial charge in [0.05, 0.1) is 6.04 Å². The largest absolute Gasteiger partial charge is 0.480 e. The van der Waals surface area contributed by atoms with E-state index in [2.05, 4.69) is 15.6 Å². The van der Waals surface area contributed by atoms with Gasteiger partial charge in [0.25, 0.3) is 0 Å². The van der Waals surface area contributed by atoms with Gasteiger partial charge >= 0.3 is 5.97 Å². The minimum absolute atomic E-state index is 0.168. The van der Waals surface area contributed by atoms with Crippen molar-refractivity contribution in [2.75, 3.05) is 26.7 Å². The third-order valence-electron chi connectivity index (χ3n) is 5.22. The Morgan fingerprint density at radius 1 is 1.28 bits per heavy atom. The number of hydrogen-bond donors (Lipinski definition) is 3. The molecule has 1 aromatic heterocycles. The van der Waals surface area contributed by atoms with Crippen molar-refractivity contribution >= 4 is 17.8 Å². The van der Waals surface area contributed by atoms with Gasteiger partial charge in [0.1, 0.15) is 12.1 Å². The van der Waals surface area contributed by atoms with Crippen LogP contribution in [0.1, 0.15) is 26.3 Å². The zero-order chi connectivity index (χ0) is 21.6. The second-order valence-corrected chi connectivity index (χ2v) is 7.72. The van der Waals surface area contributed by atoms with Gasteiger partial charge in [-0.1, -0.05) is 19.9 Å². The summed E-state index contributed by atoms with van der Waals surface area (Å²) in [4.78, 5) is 44.8. The Hall–Kier alpha value is -2.52. The van der Waals surface area contributed by atoms with Crippen LogP contribution in [-0.4, -0.2) is 82.5 Å². The zero-order valence-electron chi connectivity index (χ0n) is 17.5. The van der Waals surface area contributed by atoms with E-state index in [-0.39, 0.29) is 30.8 Å². The molecule has 9 heteroatoms. The summed E-state index contributed by atoms with van der Waals surface area (Å²) in [6.45, 7) is 7.01. The number of likely N-dealkylation sites (N-methyl/N-ethyl adjacent to an activating group) is 1. The maximum atomic E-state index is 13.2. The summed E-state index contributed by atoms with van der Waals surface area (Å²) in [5.74, 6) is -1.86. The first kappa shape index (κ1) is 22.8. The Labute approximate surface area is 171 Å². The van der Waals surface area contributed by atoms with Gasteiger partial charge in [0, 0.05) is 38.6 Å². The van der Waals surface area contributed by atoms with Gasteiger partial charge in [0.15, 0.2) is 0 Å². The number of rotatable bonds is 8. The fraction of sp³-hybridized carbons (Fsp3) is 0.600. The molecule has 0 aliphatic carbocycles. The average molecular weight is 405 g/mol. The molecule has 1 aliphatic rings. The SMILES string of the molecule is CN[C@@H](C)C(=O)N[C@H](C(=O)N1CCN(Cc2cccnc2)C[C@H]1C(=O)O)C(C)C. The van der Waals surface area contributed by atoms with E-state index in [1.807, 2.05) is 30.9 Å². The van der Waals surface area contributed by atoms with Crippen LogP contribution in [-0.2, 0) is 20.9 Å². The van der Waals surface area contributed by atoms with Crippen LogP contribution in [0, 0.1) is 5.92 Å². The molecule has 9 nitrogen and oxygen atoms in total. The normalized spacial score (nSPS) is 19.6. The van der Waals surface area contributed by atoms with Crippen molar-refractivity contribution < 1.29 is 19.5 Å². The molecule has 0 unspecified atom stereocenters. The summed E-state index contributed by atoms with van der Waals surface area (Å²) in [5.41, 5.74) is 0.991. The van der Waals surface area contributed by atoms with Crippen LogP contribution >= 0.6 is 0 Å². The number of carbonyl (C=O) groups excluding carboxylic acids is 2. The van der Waals surface area contributed by atoms with Gasteiger partial charge in [-0.2, -0.15) is 0 Å². The number of nitrogens with zero attached hydrogens (tertiary/aromatic N) is 3. The summed E-state index contributed by atoms with van der Waals surface area (Å²) < 4.78 is 0. The predicted molar refractivity (Wildman–Crippen MR) is 108 cm³/mol. The molecule has 0 aromatic carbocycles. The molecule has 29 heavy (non-hydrogen) atoms. The first-order valence-electron chi connectivity index (χ1n) is 9.86. The van der Waals surface area contributed by atoms with Crippen LogP contribution in [0.15, 0.2) is 24.5 Å². The standard InChI is InChI=1S/C20H31N5O4/c1-13(2)17(23-18(26)14(3)21-4)19(27)25-9-8-24(12-16(25)20(28)29)11-15-6-5-7-22-10-15/h5-7,10,13-14,16-17,21H,8-9,11-12H2,1-4H3,(H,23,26)(H,28,29)/t14-,16-,17-/m0/s1. The maximum Gasteiger partial charge on any atom is 0.327 e. The highest BCUT2D eigenvalue weighted by Gasteiger charge is 2.39. The van der Waals surface area contributed by atoms with Crippen LogP contribution in [0.4, 0.5) is 0 Å². The summed E-state index contributed by atoms with van der Waals surface area (Å²) in [6.07, 6.45) is 3.44. The molecule has 1 aromatic rings. The molecular weight excluding hydrogens is 374 g/mol.